The first-order valence-corrected chi connectivity index (χ1v) is 6.55. The number of nitrogens with zero attached hydrogens (tertiary/aromatic N) is 1. The zero-order valence-electron chi connectivity index (χ0n) is 11.2. The number of rotatable bonds is 7. The van der Waals surface area contributed by atoms with Crippen LogP contribution < -0.4 is 10.9 Å². The highest BCUT2D eigenvalue weighted by Crippen LogP contribution is 2.03. The molecule has 0 aliphatic carbocycles. The van der Waals surface area contributed by atoms with E-state index in [1.807, 2.05) is 23.6 Å². The van der Waals surface area contributed by atoms with Crippen LogP contribution in [0, 0.1) is 6.92 Å². The van der Waals surface area contributed by atoms with Gasteiger partial charge in [-0.25, -0.2) is 0 Å². The number of nitrogens with one attached hydrogen (secondary N) is 1. The summed E-state index contributed by atoms with van der Waals surface area (Å²) in [5, 5.41) is 3.40. The van der Waals surface area contributed by atoms with Crippen molar-refractivity contribution in [2.24, 2.45) is 0 Å². The van der Waals surface area contributed by atoms with E-state index in [0.717, 1.165) is 31.6 Å². The van der Waals surface area contributed by atoms with Gasteiger partial charge in [0.15, 0.2) is 0 Å². The first-order chi connectivity index (χ1) is 8.15. The Balaban J connectivity index is 2.34. The molecule has 1 unspecified atom stereocenters. The maximum Gasteiger partial charge on any atom is 0.250 e. The molecule has 0 aliphatic rings. The zero-order chi connectivity index (χ0) is 12.7. The SMILES string of the molecule is CCNC(C)CCCCn1c(C)cccc1=O. The van der Waals surface area contributed by atoms with Gasteiger partial charge in [-0.1, -0.05) is 19.4 Å². The van der Waals surface area contributed by atoms with Gasteiger partial charge in [0.25, 0.3) is 5.56 Å². The van der Waals surface area contributed by atoms with Crippen LogP contribution in [0.1, 0.15) is 38.8 Å². The van der Waals surface area contributed by atoms with Crippen molar-refractivity contribution in [2.45, 2.75) is 52.6 Å². The average molecular weight is 236 g/mol. The Kier molecular flexibility index (Phi) is 5.98. The number of hydrogen-bond donors (Lipinski definition) is 1. The van der Waals surface area contributed by atoms with Gasteiger partial charge in [0.05, 0.1) is 0 Å². The van der Waals surface area contributed by atoms with Crippen molar-refractivity contribution in [3.8, 4) is 0 Å². The molecule has 1 aromatic rings. The molecular formula is C14H24N2O. The van der Waals surface area contributed by atoms with Crippen molar-refractivity contribution in [1.82, 2.24) is 9.88 Å². The molecule has 0 saturated carbocycles. The summed E-state index contributed by atoms with van der Waals surface area (Å²) in [6.45, 7) is 8.19. The minimum absolute atomic E-state index is 0.115. The van der Waals surface area contributed by atoms with E-state index < -0.39 is 0 Å². The normalized spacial score (nSPS) is 12.6. The van der Waals surface area contributed by atoms with E-state index in [-0.39, 0.29) is 5.56 Å². The Hall–Kier alpha value is -1.09. The van der Waals surface area contributed by atoms with Crippen LogP contribution in [0.15, 0.2) is 23.0 Å². The maximum atomic E-state index is 11.6. The van der Waals surface area contributed by atoms with Gasteiger partial charge in [0, 0.05) is 24.3 Å². The molecule has 3 heteroatoms. The van der Waals surface area contributed by atoms with E-state index in [0.29, 0.717) is 6.04 Å². The van der Waals surface area contributed by atoms with Gasteiger partial charge in [-0.05, 0) is 39.3 Å². The molecule has 0 fully saturated rings. The lowest BCUT2D eigenvalue weighted by molar-refractivity contribution is 0.481. The van der Waals surface area contributed by atoms with Crippen LogP contribution in [0.3, 0.4) is 0 Å². The van der Waals surface area contributed by atoms with E-state index in [1.165, 1.54) is 6.42 Å². The van der Waals surface area contributed by atoms with Gasteiger partial charge in [0.2, 0.25) is 0 Å². The van der Waals surface area contributed by atoms with Crippen LogP contribution in [0.2, 0.25) is 0 Å². The van der Waals surface area contributed by atoms with Crippen LogP contribution in [0.25, 0.3) is 0 Å². The smallest absolute Gasteiger partial charge is 0.250 e. The molecule has 96 valence electrons. The fourth-order valence-corrected chi connectivity index (χ4v) is 2.08. The molecule has 0 bridgehead atoms. The van der Waals surface area contributed by atoms with Gasteiger partial charge >= 0.3 is 0 Å². The first-order valence-electron chi connectivity index (χ1n) is 6.55. The van der Waals surface area contributed by atoms with E-state index in [4.69, 9.17) is 0 Å². The predicted octanol–water partition coefficient (Wildman–Crippen LogP) is 2.33. The highest BCUT2D eigenvalue weighted by molar-refractivity contribution is 5.04. The molecule has 1 atom stereocenters. The molecule has 17 heavy (non-hydrogen) atoms. The monoisotopic (exact) mass is 236 g/mol. The zero-order valence-corrected chi connectivity index (χ0v) is 11.2. The largest absolute Gasteiger partial charge is 0.315 e. The Morgan fingerprint density at radius 2 is 2.12 bits per heavy atom. The van der Waals surface area contributed by atoms with Gasteiger partial charge in [-0.3, -0.25) is 4.79 Å². The highest BCUT2D eigenvalue weighted by Gasteiger charge is 2.01. The second-order valence-corrected chi connectivity index (χ2v) is 4.61. The molecule has 1 rings (SSSR count). The molecule has 1 heterocycles. The van der Waals surface area contributed by atoms with Crippen molar-refractivity contribution in [1.29, 1.82) is 0 Å². The molecule has 0 saturated heterocycles. The summed E-state index contributed by atoms with van der Waals surface area (Å²) in [7, 11) is 0. The molecule has 0 amide bonds. The lowest BCUT2D eigenvalue weighted by Gasteiger charge is -2.13. The molecule has 0 spiro atoms. The van der Waals surface area contributed by atoms with Crippen LogP contribution >= 0.6 is 0 Å². The van der Waals surface area contributed by atoms with Crippen molar-refractivity contribution < 1.29 is 0 Å². The molecule has 1 aromatic heterocycles. The van der Waals surface area contributed by atoms with Crippen LogP contribution in [-0.2, 0) is 6.54 Å². The summed E-state index contributed by atoms with van der Waals surface area (Å²) in [6, 6.07) is 6.02. The van der Waals surface area contributed by atoms with Gasteiger partial charge in [-0.2, -0.15) is 0 Å². The summed E-state index contributed by atoms with van der Waals surface area (Å²) in [4.78, 5) is 11.6. The predicted molar refractivity (Wildman–Crippen MR) is 72.4 cm³/mol. The summed E-state index contributed by atoms with van der Waals surface area (Å²) in [6.07, 6.45) is 3.41. The van der Waals surface area contributed by atoms with E-state index in [1.54, 1.807) is 6.07 Å². The minimum atomic E-state index is 0.115. The summed E-state index contributed by atoms with van der Waals surface area (Å²) >= 11 is 0. The second kappa shape index (κ2) is 7.28. The Bertz CT molecular complexity index is 384. The van der Waals surface area contributed by atoms with E-state index >= 15 is 0 Å². The number of unbranched alkanes of at least 4 members (excludes halogenated alkanes) is 1. The Morgan fingerprint density at radius 1 is 1.35 bits per heavy atom. The van der Waals surface area contributed by atoms with Gasteiger partial charge in [-0.15, -0.1) is 0 Å². The molecule has 3 nitrogen and oxygen atoms in total. The van der Waals surface area contributed by atoms with Gasteiger partial charge < -0.3 is 9.88 Å². The third-order valence-corrected chi connectivity index (χ3v) is 3.09. The molecule has 1 N–H and O–H groups in total. The number of aryl methyl sites for hydroxylation is 1. The second-order valence-electron chi connectivity index (χ2n) is 4.61. The summed E-state index contributed by atoms with van der Waals surface area (Å²) in [5.41, 5.74) is 1.17. The topological polar surface area (TPSA) is 34.0 Å². The Morgan fingerprint density at radius 3 is 2.76 bits per heavy atom. The molecular weight excluding hydrogens is 212 g/mol. The average Bonchev–Trinajstić information content (AvgIpc) is 2.28. The quantitative estimate of drug-likeness (QED) is 0.737. The lowest BCUT2D eigenvalue weighted by Crippen LogP contribution is -2.25. The molecule has 0 radical (unpaired) electrons. The van der Waals surface area contributed by atoms with Crippen LogP contribution in [0.4, 0.5) is 0 Å². The van der Waals surface area contributed by atoms with E-state index in [2.05, 4.69) is 19.2 Å². The number of pyridine rings is 1. The van der Waals surface area contributed by atoms with Crippen molar-refractivity contribution in [3.63, 3.8) is 0 Å². The van der Waals surface area contributed by atoms with Crippen molar-refractivity contribution >= 4 is 0 Å². The highest BCUT2D eigenvalue weighted by atomic mass is 16.1. The van der Waals surface area contributed by atoms with Crippen LogP contribution in [-0.4, -0.2) is 17.2 Å². The minimum Gasteiger partial charge on any atom is -0.315 e. The lowest BCUT2D eigenvalue weighted by atomic mass is 10.1. The standard InChI is InChI=1S/C14H24N2O/c1-4-15-12(2)8-5-6-11-16-13(3)9-7-10-14(16)17/h7,9-10,12,15H,4-6,8,11H2,1-3H3. The molecule has 0 aliphatic heterocycles. The fourth-order valence-electron chi connectivity index (χ4n) is 2.08. The third kappa shape index (κ3) is 4.73. The van der Waals surface area contributed by atoms with Gasteiger partial charge in [0.1, 0.15) is 0 Å². The number of aromatic nitrogens is 1. The number of hydrogen-bond acceptors (Lipinski definition) is 2. The van der Waals surface area contributed by atoms with Crippen molar-refractivity contribution in [2.75, 3.05) is 6.54 Å². The van der Waals surface area contributed by atoms with E-state index in [9.17, 15) is 4.79 Å². The summed E-state index contributed by atoms with van der Waals surface area (Å²) in [5.74, 6) is 0. The van der Waals surface area contributed by atoms with Crippen LogP contribution in [0.5, 0.6) is 0 Å². The maximum absolute atomic E-state index is 11.6. The molecule has 0 aromatic carbocycles. The van der Waals surface area contributed by atoms with Crippen molar-refractivity contribution in [3.05, 3.63) is 34.2 Å². The Labute approximate surface area is 104 Å². The third-order valence-electron chi connectivity index (χ3n) is 3.09. The summed E-state index contributed by atoms with van der Waals surface area (Å²) < 4.78 is 1.86. The fraction of sp³-hybridized carbons (Fsp3) is 0.643. The first kappa shape index (κ1) is 14.0.